The summed E-state index contributed by atoms with van der Waals surface area (Å²) in [6.07, 6.45) is 0.789. The molecule has 2 N–H and O–H groups in total. The van der Waals surface area contributed by atoms with Crippen LogP contribution in [0.15, 0.2) is 24.3 Å². The molecule has 1 aromatic rings. The summed E-state index contributed by atoms with van der Waals surface area (Å²) in [6, 6.07) is 8.68. The fourth-order valence-corrected chi connectivity index (χ4v) is 1.58. The Bertz CT molecular complexity index is 302. The molecule has 0 spiro atoms. The summed E-state index contributed by atoms with van der Waals surface area (Å²) in [5.41, 5.74) is 2.44. The molecular formula is C13H21NO2. The van der Waals surface area contributed by atoms with E-state index in [4.69, 9.17) is 9.84 Å². The maximum Gasteiger partial charge on any atom is 0.0713 e. The van der Waals surface area contributed by atoms with E-state index in [1.54, 1.807) is 7.11 Å². The van der Waals surface area contributed by atoms with Crippen molar-refractivity contribution in [3.8, 4) is 0 Å². The van der Waals surface area contributed by atoms with Crippen molar-refractivity contribution in [2.75, 3.05) is 13.7 Å². The molecule has 0 aliphatic heterocycles. The number of benzene rings is 1. The van der Waals surface area contributed by atoms with Crippen LogP contribution >= 0.6 is 0 Å². The summed E-state index contributed by atoms with van der Waals surface area (Å²) in [7, 11) is 1.70. The van der Waals surface area contributed by atoms with Crippen molar-refractivity contribution in [3.63, 3.8) is 0 Å². The lowest BCUT2D eigenvalue weighted by Crippen LogP contribution is -2.26. The molecule has 0 amide bonds. The Labute approximate surface area is 97.4 Å². The second-order valence-electron chi connectivity index (χ2n) is 4.05. The lowest BCUT2D eigenvalue weighted by Gasteiger charge is -2.12. The van der Waals surface area contributed by atoms with Gasteiger partial charge in [-0.25, -0.2) is 0 Å². The summed E-state index contributed by atoms with van der Waals surface area (Å²) >= 11 is 0. The number of aliphatic hydroxyl groups is 1. The zero-order chi connectivity index (χ0) is 11.8. The standard InChI is InChI=1S/C13H21NO2/c1-11(6-7-15)14-9-12-4-3-5-13(8-12)10-16-2/h3-5,8,11,14-15H,6-7,9-10H2,1-2H3. The third kappa shape index (κ3) is 4.75. The second kappa shape index (κ2) is 7.39. The molecule has 3 nitrogen and oxygen atoms in total. The molecule has 1 unspecified atom stereocenters. The first-order valence-corrected chi connectivity index (χ1v) is 5.67. The average molecular weight is 223 g/mol. The first-order chi connectivity index (χ1) is 7.76. The molecule has 0 bridgehead atoms. The molecule has 0 saturated carbocycles. The van der Waals surface area contributed by atoms with Crippen LogP contribution in [0.4, 0.5) is 0 Å². The lowest BCUT2D eigenvalue weighted by molar-refractivity contribution is 0.185. The van der Waals surface area contributed by atoms with E-state index in [0.29, 0.717) is 12.6 Å². The van der Waals surface area contributed by atoms with Crippen LogP contribution in [-0.2, 0) is 17.9 Å². The molecule has 0 saturated heterocycles. The van der Waals surface area contributed by atoms with E-state index >= 15 is 0 Å². The number of nitrogens with one attached hydrogen (secondary N) is 1. The Morgan fingerprint density at radius 1 is 1.38 bits per heavy atom. The van der Waals surface area contributed by atoms with Gasteiger partial charge in [0.1, 0.15) is 0 Å². The number of rotatable bonds is 7. The molecule has 1 atom stereocenters. The van der Waals surface area contributed by atoms with Crippen LogP contribution in [0.5, 0.6) is 0 Å². The van der Waals surface area contributed by atoms with Crippen molar-refractivity contribution in [3.05, 3.63) is 35.4 Å². The lowest BCUT2D eigenvalue weighted by atomic mass is 10.1. The van der Waals surface area contributed by atoms with Gasteiger partial charge in [0, 0.05) is 26.3 Å². The maximum atomic E-state index is 8.79. The monoisotopic (exact) mass is 223 g/mol. The number of ether oxygens (including phenoxy) is 1. The summed E-state index contributed by atoms with van der Waals surface area (Å²) < 4.78 is 5.09. The van der Waals surface area contributed by atoms with Gasteiger partial charge in [0.05, 0.1) is 6.61 Å². The molecule has 90 valence electrons. The third-order valence-electron chi connectivity index (χ3n) is 2.52. The first-order valence-electron chi connectivity index (χ1n) is 5.67. The second-order valence-corrected chi connectivity index (χ2v) is 4.05. The van der Waals surface area contributed by atoms with Gasteiger partial charge in [0.2, 0.25) is 0 Å². The van der Waals surface area contributed by atoms with Crippen molar-refractivity contribution < 1.29 is 9.84 Å². The molecule has 0 aliphatic carbocycles. The molecule has 0 heterocycles. The highest BCUT2D eigenvalue weighted by molar-refractivity contribution is 5.22. The van der Waals surface area contributed by atoms with Gasteiger partial charge in [-0.3, -0.25) is 0 Å². The number of methoxy groups -OCH3 is 1. The van der Waals surface area contributed by atoms with Crippen molar-refractivity contribution >= 4 is 0 Å². The predicted molar refractivity (Wildman–Crippen MR) is 65.2 cm³/mol. The Kier molecular flexibility index (Phi) is 6.08. The van der Waals surface area contributed by atoms with Crippen LogP contribution in [0.25, 0.3) is 0 Å². The smallest absolute Gasteiger partial charge is 0.0713 e. The van der Waals surface area contributed by atoms with Crippen molar-refractivity contribution in [1.82, 2.24) is 5.32 Å². The van der Waals surface area contributed by atoms with Crippen molar-refractivity contribution in [2.45, 2.75) is 32.5 Å². The van der Waals surface area contributed by atoms with E-state index in [-0.39, 0.29) is 6.61 Å². The highest BCUT2D eigenvalue weighted by Crippen LogP contribution is 2.06. The van der Waals surface area contributed by atoms with E-state index in [9.17, 15) is 0 Å². The van der Waals surface area contributed by atoms with E-state index in [1.165, 1.54) is 11.1 Å². The van der Waals surface area contributed by atoms with Gasteiger partial charge in [0.15, 0.2) is 0 Å². The van der Waals surface area contributed by atoms with Crippen LogP contribution < -0.4 is 5.32 Å². The Morgan fingerprint density at radius 2 is 2.12 bits per heavy atom. The Hall–Kier alpha value is -0.900. The zero-order valence-corrected chi connectivity index (χ0v) is 10.1. The van der Waals surface area contributed by atoms with E-state index < -0.39 is 0 Å². The SMILES string of the molecule is COCc1cccc(CNC(C)CCO)c1. The number of aliphatic hydroxyl groups excluding tert-OH is 1. The molecule has 0 fully saturated rings. The minimum Gasteiger partial charge on any atom is -0.396 e. The zero-order valence-electron chi connectivity index (χ0n) is 10.1. The maximum absolute atomic E-state index is 8.79. The fraction of sp³-hybridized carbons (Fsp3) is 0.538. The third-order valence-corrected chi connectivity index (χ3v) is 2.52. The Morgan fingerprint density at radius 3 is 2.81 bits per heavy atom. The fourth-order valence-electron chi connectivity index (χ4n) is 1.58. The van der Waals surface area contributed by atoms with Crippen LogP contribution in [0.1, 0.15) is 24.5 Å². The summed E-state index contributed by atoms with van der Waals surface area (Å²) in [6.45, 7) is 3.80. The Balaban J connectivity index is 2.44. The average Bonchev–Trinajstić information content (AvgIpc) is 2.28. The molecule has 0 aliphatic rings. The number of hydrogen-bond donors (Lipinski definition) is 2. The minimum absolute atomic E-state index is 0.234. The first kappa shape index (κ1) is 13.2. The van der Waals surface area contributed by atoms with Gasteiger partial charge < -0.3 is 15.2 Å². The van der Waals surface area contributed by atoms with Gasteiger partial charge in [0.25, 0.3) is 0 Å². The van der Waals surface area contributed by atoms with E-state index in [1.807, 2.05) is 6.07 Å². The van der Waals surface area contributed by atoms with Crippen LogP contribution in [0.3, 0.4) is 0 Å². The highest BCUT2D eigenvalue weighted by atomic mass is 16.5. The van der Waals surface area contributed by atoms with Gasteiger partial charge >= 0.3 is 0 Å². The van der Waals surface area contributed by atoms with Crippen LogP contribution in [-0.4, -0.2) is 24.9 Å². The van der Waals surface area contributed by atoms with Crippen LogP contribution in [0, 0.1) is 0 Å². The highest BCUT2D eigenvalue weighted by Gasteiger charge is 2.01. The van der Waals surface area contributed by atoms with Gasteiger partial charge in [-0.1, -0.05) is 24.3 Å². The van der Waals surface area contributed by atoms with Crippen molar-refractivity contribution in [2.24, 2.45) is 0 Å². The van der Waals surface area contributed by atoms with E-state index in [2.05, 4.69) is 30.4 Å². The molecule has 3 heteroatoms. The minimum atomic E-state index is 0.234. The number of hydrogen-bond acceptors (Lipinski definition) is 3. The van der Waals surface area contributed by atoms with E-state index in [0.717, 1.165) is 13.0 Å². The van der Waals surface area contributed by atoms with Gasteiger partial charge in [-0.15, -0.1) is 0 Å². The molecule has 1 rings (SSSR count). The van der Waals surface area contributed by atoms with Gasteiger partial charge in [-0.2, -0.15) is 0 Å². The molecule has 1 aromatic carbocycles. The quantitative estimate of drug-likeness (QED) is 0.739. The normalized spacial score (nSPS) is 12.7. The van der Waals surface area contributed by atoms with Gasteiger partial charge in [-0.05, 0) is 24.5 Å². The summed E-state index contributed by atoms with van der Waals surface area (Å²) in [5, 5.41) is 12.2. The topological polar surface area (TPSA) is 41.5 Å². The summed E-state index contributed by atoms with van der Waals surface area (Å²) in [4.78, 5) is 0. The largest absolute Gasteiger partial charge is 0.396 e. The van der Waals surface area contributed by atoms with Crippen molar-refractivity contribution in [1.29, 1.82) is 0 Å². The predicted octanol–water partition coefficient (Wildman–Crippen LogP) is 1.69. The molecule has 16 heavy (non-hydrogen) atoms. The van der Waals surface area contributed by atoms with Crippen LogP contribution in [0.2, 0.25) is 0 Å². The molecule has 0 radical (unpaired) electrons. The molecule has 0 aromatic heterocycles. The molecular weight excluding hydrogens is 202 g/mol. The summed E-state index contributed by atoms with van der Waals surface area (Å²) in [5.74, 6) is 0.